The molecule has 0 spiro atoms. The van der Waals surface area contributed by atoms with Gasteiger partial charge in [-0.15, -0.1) is 0 Å². The summed E-state index contributed by atoms with van der Waals surface area (Å²) in [6.45, 7) is 1.89. The summed E-state index contributed by atoms with van der Waals surface area (Å²) < 4.78 is 5.07. The predicted molar refractivity (Wildman–Crippen MR) is 139 cm³/mol. The number of rotatable bonds is 7. The molecule has 1 aliphatic heterocycles. The minimum atomic E-state index is -1.44. The van der Waals surface area contributed by atoms with Gasteiger partial charge in [-0.1, -0.05) is 17.7 Å². The molecule has 0 radical (unpaired) electrons. The summed E-state index contributed by atoms with van der Waals surface area (Å²) in [6.07, 6.45) is 0.953. The highest BCUT2D eigenvalue weighted by atomic mass is 16.5. The number of hydrogen-bond donors (Lipinski definition) is 3. The first kappa shape index (κ1) is 25.8. The lowest BCUT2D eigenvalue weighted by Gasteiger charge is -2.28. The summed E-state index contributed by atoms with van der Waals surface area (Å²) in [5.74, 6) is -3.49. The number of aryl methyl sites for hydroxylation is 1. The molecule has 0 aromatic heterocycles. The number of nitrogens with one attached hydrogen (secondary N) is 3. The molecular weight excluding hydrogens is 490 g/mol. The molecule has 0 saturated carbocycles. The van der Waals surface area contributed by atoms with Crippen molar-refractivity contribution < 1.29 is 28.7 Å². The van der Waals surface area contributed by atoms with Gasteiger partial charge in [-0.3, -0.25) is 24.5 Å². The maximum atomic E-state index is 12.9. The van der Waals surface area contributed by atoms with Crippen LogP contribution in [0.25, 0.3) is 0 Å². The Hall–Kier alpha value is -5.32. The van der Waals surface area contributed by atoms with Gasteiger partial charge in [-0.25, -0.2) is 15.1 Å². The van der Waals surface area contributed by atoms with Crippen LogP contribution in [0.2, 0.25) is 0 Å². The molecule has 11 heteroatoms. The number of benzene rings is 3. The van der Waals surface area contributed by atoms with Gasteiger partial charge in [0, 0.05) is 23.0 Å². The highest BCUT2D eigenvalue weighted by molar-refractivity contribution is 6.32. The smallest absolute Gasteiger partial charge is 0.335 e. The summed E-state index contributed by atoms with van der Waals surface area (Å²) in [4.78, 5) is 63.1. The van der Waals surface area contributed by atoms with Crippen LogP contribution < -0.4 is 25.7 Å². The van der Waals surface area contributed by atoms with E-state index in [0.29, 0.717) is 17.0 Å². The summed E-state index contributed by atoms with van der Waals surface area (Å²) >= 11 is 0. The van der Waals surface area contributed by atoms with Crippen molar-refractivity contribution >= 4 is 47.2 Å². The zero-order chi connectivity index (χ0) is 27.2. The number of imide groups is 2. The molecule has 3 N–H and O–H groups in total. The molecule has 1 fully saturated rings. The summed E-state index contributed by atoms with van der Waals surface area (Å²) in [7, 11) is 1.48. The van der Waals surface area contributed by atoms with E-state index >= 15 is 0 Å². The molecule has 1 atom stereocenters. The van der Waals surface area contributed by atoms with Gasteiger partial charge in [0.1, 0.15) is 5.75 Å². The van der Waals surface area contributed by atoms with Crippen LogP contribution in [0.5, 0.6) is 5.75 Å². The van der Waals surface area contributed by atoms with Crippen molar-refractivity contribution in [3.05, 3.63) is 89.5 Å². The van der Waals surface area contributed by atoms with E-state index < -0.39 is 29.7 Å². The second kappa shape index (κ2) is 11.2. The average Bonchev–Trinajstić information content (AvgIpc) is 2.91. The molecule has 1 aliphatic rings. The first-order valence-electron chi connectivity index (χ1n) is 11.4. The van der Waals surface area contributed by atoms with E-state index in [9.17, 15) is 24.0 Å². The normalized spacial score (nSPS) is 15.3. The Morgan fingerprint density at radius 2 is 1.66 bits per heavy atom. The summed E-state index contributed by atoms with van der Waals surface area (Å²) in [5, 5.41) is 8.59. The molecule has 0 unspecified atom stereocenters. The van der Waals surface area contributed by atoms with Crippen LogP contribution in [0.3, 0.4) is 0 Å². The van der Waals surface area contributed by atoms with Crippen LogP contribution in [0.4, 0.5) is 16.2 Å². The fourth-order valence-corrected chi connectivity index (χ4v) is 3.63. The molecule has 1 heterocycles. The van der Waals surface area contributed by atoms with Gasteiger partial charge >= 0.3 is 6.03 Å². The number of nitrogens with zero attached hydrogens (tertiary/aromatic N) is 2. The quantitative estimate of drug-likeness (QED) is 0.252. The van der Waals surface area contributed by atoms with E-state index in [-0.39, 0.29) is 17.2 Å². The number of urea groups is 1. The van der Waals surface area contributed by atoms with Crippen molar-refractivity contribution in [3.63, 3.8) is 0 Å². The first-order chi connectivity index (χ1) is 18.3. The number of anilines is 2. The molecule has 3 aromatic rings. The van der Waals surface area contributed by atoms with Crippen LogP contribution >= 0.6 is 0 Å². The lowest BCUT2D eigenvalue weighted by Crippen LogP contribution is -2.58. The van der Waals surface area contributed by atoms with Crippen LogP contribution in [0, 0.1) is 12.8 Å². The SMILES string of the molecule is COc1ccc(N2C(=O)NC(=O)[C@@H](/C=N\NC(=O)c3ccc(NC(=O)c4cccc(C)c4)cc3)C2=O)cc1. The lowest BCUT2D eigenvalue weighted by molar-refractivity contribution is -0.131. The van der Waals surface area contributed by atoms with Crippen LogP contribution in [0.15, 0.2) is 77.9 Å². The Morgan fingerprint density at radius 1 is 0.947 bits per heavy atom. The summed E-state index contributed by atoms with van der Waals surface area (Å²) in [6, 6.07) is 18.5. The largest absolute Gasteiger partial charge is 0.497 e. The maximum Gasteiger partial charge on any atom is 0.335 e. The fourth-order valence-electron chi connectivity index (χ4n) is 3.63. The van der Waals surface area contributed by atoms with Crippen molar-refractivity contribution in [2.45, 2.75) is 6.92 Å². The number of methoxy groups -OCH3 is 1. The summed E-state index contributed by atoms with van der Waals surface area (Å²) in [5.41, 5.74) is 4.67. The Morgan fingerprint density at radius 3 is 2.32 bits per heavy atom. The van der Waals surface area contributed by atoms with E-state index in [4.69, 9.17) is 4.74 Å². The Bertz CT molecular complexity index is 1430. The van der Waals surface area contributed by atoms with Crippen LogP contribution in [-0.2, 0) is 9.59 Å². The highest BCUT2D eigenvalue weighted by Crippen LogP contribution is 2.23. The second-order valence-corrected chi connectivity index (χ2v) is 8.26. The van der Waals surface area contributed by atoms with Crippen molar-refractivity contribution in [2.75, 3.05) is 17.3 Å². The number of hydrogen-bond acceptors (Lipinski definition) is 7. The maximum absolute atomic E-state index is 12.9. The van der Waals surface area contributed by atoms with E-state index in [1.807, 2.05) is 13.0 Å². The zero-order valence-corrected chi connectivity index (χ0v) is 20.4. The van der Waals surface area contributed by atoms with Gasteiger partial charge in [-0.2, -0.15) is 5.10 Å². The minimum Gasteiger partial charge on any atom is -0.497 e. The van der Waals surface area contributed by atoms with Gasteiger partial charge in [0.25, 0.3) is 17.7 Å². The Labute approximate surface area is 217 Å². The molecule has 0 bridgehead atoms. The van der Waals surface area contributed by atoms with Crippen molar-refractivity contribution in [3.8, 4) is 5.75 Å². The number of carbonyl (C=O) groups excluding carboxylic acids is 5. The number of barbiturate groups is 1. The molecule has 3 aromatic carbocycles. The third-order valence-electron chi connectivity index (χ3n) is 5.61. The van der Waals surface area contributed by atoms with Gasteiger partial charge in [0.05, 0.1) is 12.8 Å². The fraction of sp³-hybridized carbons (Fsp3) is 0.111. The molecule has 38 heavy (non-hydrogen) atoms. The Balaban J connectivity index is 1.38. The lowest BCUT2D eigenvalue weighted by atomic mass is 10.1. The minimum absolute atomic E-state index is 0.227. The number of amides is 6. The third-order valence-corrected chi connectivity index (χ3v) is 5.61. The first-order valence-corrected chi connectivity index (χ1v) is 11.4. The van der Waals surface area contributed by atoms with E-state index in [1.165, 1.54) is 31.4 Å². The number of hydrazone groups is 1. The molecule has 6 amide bonds. The van der Waals surface area contributed by atoms with Crippen LogP contribution in [-0.4, -0.2) is 43.0 Å². The predicted octanol–water partition coefficient (Wildman–Crippen LogP) is 2.87. The molecule has 192 valence electrons. The van der Waals surface area contributed by atoms with E-state index in [2.05, 4.69) is 21.2 Å². The van der Waals surface area contributed by atoms with Crippen LogP contribution in [0.1, 0.15) is 26.3 Å². The van der Waals surface area contributed by atoms with Crippen molar-refractivity contribution in [1.29, 1.82) is 0 Å². The zero-order valence-electron chi connectivity index (χ0n) is 20.4. The van der Waals surface area contributed by atoms with Gasteiger partial charge in [-0.05, 0) is 67.6 Å². The number of carbonyl (C=O) groups is 5. The monoisotopic (exact) mass is 513 g/mol. The molecule has 11 nitrogen and oxygen atoms in total. The average molecular weight is 514 g/mol. The standard InChI is InChI=1S/C27H23N5O6/c1-16-4-3-5-18(14-16)23(33)29-19-8-6-17(7-9-19)24(34)31-28-15-22-25(35)30-27(37)32(26(22)36)20-10-12-21(38-2)13-11-20/h3-15,22H,1-2H3,(H,29,33)(H,31,34)(H,30,35,37)/b28-15-/t22-/m1/s1. The van der Waals surface area contributed by atoms with Gasteiger partial charge in [0.15, 0.2) is 5.92 Å². The highest BCUT2D eigenvalue weighted by Gasteiger charge is 2.40. The van der Waals surface area contributed by atoms with Gasteiger partial charge in [0.2, 0.25) is 5.91 Å². The number of ether oxygens (including phenoxy) is 1. The van der Waals surface area contributed by atoms with E-state index in [1.54, 1.807) is 42.5 Å². The van der Waals surface area contributed by atoms with Crippen molar-refractivity contribution in [1.82, 2.24) is 10.7 Å². The topological polar surface area (TPSA) is 146 Å². The molecule has 1 saturated heterocycles. The third kappa shape index (κ3) is 5.73. The van der Waals surface area contributed by atoms with Crippen molar-refractivity contribution in [2.24, 2.45) is 11.0 Å². The van der Waals surface area contributed by atoms with Gasteiger partial charge < -0.3 is 10.1 Å². The molecule has 0 aliphatic carbocycles. The second-order valence-electron chi connectivity index (χ2n) is 8.26. The van der Waals surface area contributed by atoms with E-state index in [0.717, 1.165) is 16.7 Å². The Kier molecular flexibility index (Phi) is 7.57. The molecule has 4 rings (SSSR count). The molecular formula is C27H23N5O6.